The van der Waals surface area contributed by atoms with Crippen molar-refractivity contribution in [1.29, 1.82) is 0 Å². The monoisotopic (exact) mass is 273 g/mol. The first-order chi connectivity index (χ1) is 9.60. The Morgan fingerprint density at radius 1 is 1.30 bits per heavy atom. The highest BCUT2D eigenvalue weighted by molar-refractivity contribution is 5.85. The third-order valence-electron chi connectivity index (χ3n) is 2.81. The largest absolute Gasteiger partial charge is 0.497 e. The number of benzene rings is 1. The van der Waals surface area contributed by atoms with Crippen molar-refractivity contribution in [3.8, 4) is 5.75 Å². The number of carbonyl (C=O) groups is 1. The highest BCUT2D eigenvalue weighted by atomic mass is 16.5. The Balaban J connectivity index is 2.12. The fourth-order valence-electron chi connectivity index (χ4n) is 1.73. The lowest BCUT2D eigenvalue weighted by molar-refractivity contribution is 0.0690. The molecule has 20 heavy (non-hydrogen) atoms. The maximum absolute atomic E-state index is 10.9. The molecule has 0 aliphatic carbocycles. The van der Waals surface area contributed by atoms with Crippen molar-refractivity contribution in [2.45, 2.75) is 6.54 Å². The van der Waals surface area contributed by atoms with Gasteiger partial charge in [-0.1, -0.05) is 12.1 Å². The van der Waals surface area contributed by atoms with Crippen LogP contribution in [0.5, 0.6) is 5.75 Å². The summed E-state index contributed by atoms with van der Waals surface area (Å²) in [6.45, 7) is 0.599. The van der Waals surface area contributed by atoms with Gasteiger partial charge in [0.15, 0.2) is 5.69 Å². The first-order valence-electron chi connectivity index (χ1n) is 5.99. The van der Waals surface area contributed by atoms with Crippen LogP contribution in [0.3, 0.4) is 0 Å². The highest BCUT2D eigenvalue weighted by Gasteiger charge is 2.09. The van der Waals surface area contributed by atoms with Crippen molar-refractivity contribution < 1.29 is 14.6 Å². The number of carboxylic acids is 1. The Morgan fingerprint density at radius 2 is 2.00 bits per heavy atom. The number of aromatic nitrogens is 2. The van der Waals surface area contributed by atoms with Gasteiger partial charge in [-0.3, -0.25) is 4.98 Å². The van der Waals surface area contributed by atoms with E-state index in [0.29, 0.717) is 12.4 Å². The number of aromatic carboxylic acids is 1. The van der Waals surface area contributed by atoms with Gasteiger partial charge in [-0.2, -0.15) is 0 Å². The standard InChI is InChI=1S/C14H15N3O3/c1-17(9-10-3-5-11(20-2)6-4-10)13-8-15-7-12(16-13)14(18)19/h3-8H,9H2,1-2H3,(H,18,19). The molecule has 0 amide bonds. The summed E-state index contributed by atoms with van der Waals surface area (Å²) < 4.78 is 5.10. The molecule has 0 fully saturated rings. The molecule has 0 radical (unpaired) electrons. The zero-order valence-electron chi connectivity index (χ0n) is 11.3. The second-order valence-corrected chi connectivity index (χ2v) is 4.27. The maximum Gasteiger partial charge on any atom is 0.356 e. The van der Waals surface area contributed by atoms with E-state index >= 15 is 0 Å². The van der Waals surface area contributed by atoms with E-state index in [4.69, 9.17) is 9.84 Å². The van der Waals surface area contributed by atoms with Gasteiger partial charge in [0.25, 0.3) is 0 Å². The Labute approximate surface area is 116 Å². The normalized spacial score (nSPS) is 10.1. The molecule has 2 aromatic rings. The van der Waals surface area contributed by atoms with Crippen LogP contribution in [0.1, 0.15) is 16.1 Å². The maximum atomic E-state index is 10.9. The number of nitrogens with zero attached hydrogens (tertiary/aromatic N) is 3. The third kappa shape index (κ3) is 3.23. The van der Waals surface area contributed by atoms with E-state index in [1.54, 1.807) is 7.11 Å². The minimum Gasteiger partial charge on any atom is -0.497 e. The summed E-state index contributed by atoms with van der Waals surface area (Å²) in [6, 6.07) is 7.65. The van der Waals surface area contributed by atoms with Crippen molar-refractivity contribution in [3.63, 3.8) is 0 Å². The lowest BCUT2D eigenvalue weighted by Gasteiger charge is -2.18. The van der Waals surface area contributed by atoms with Gasteiger partial charge in [0.1, 0.15) is 11.6 Å². The van der Waals surface area contributed by atoms with Gasteiger partial charge in [0, 0.05) is 13.6 Å². The summed E-state index contributed by atoms with van der Waals surface area (Å²) >= 11 is 0. The minimum atomic E-state index is -1.09. The first kappa shape index (κ1) is 13.8. The second-order valence-electron chi connectivity index (χ2n) is 4.27. The topological polar surface area (TPSA) is 75.5 Å². The second kappa shape index (κ2) is 6.01. The quantitative estimate of drug-likeness (QED) is 0.895. The van der Waals surface area contributed by atoms with E-state index in [1.807, 2.05) is 36.2 Å². The molecular weight excluding hydrogens is 258 g/mol. The minimum absolute atomic E-state index is 0.0657. The molecule has 0 bridgehead atoms. The molecule has 6 heteroatoms. The number of ether oxygens (including phenoxy) is 1. The van der Waals surface area contributed by atoms with Gasteiger partial charge < -0.3 is 14.7 Å². The van der Waals surface area contributed by atoms with Crippen LogP contribution < -0.4 is 9.64 Å². The lowest BCUT2D eigenvalue weighted by atomic mass is 10.2. The van der Waals surface area contributed by atoms with Crippen molar-refractivity contribution in [2.24, 2.45) is 0 Å². The fourth-order valence-corrected chi connectivity index (χ4v) is 1.73. The number of carboxylic acid groups (broad SMARTS) is 1. The molecule has 2 rings (SSSR count). The number of rotatable bonds is 5. The summed E-state index contributed by atoms with van der Waals surface area (Å²) in [5, 5.41) is 8.90. The van der Waals surface area contributed by atoms with Crippen molar-refractivity contribution in [3.05, 3.63) is 47.9 Å². The molecule has 1 aromatic carbocycles. The van der Waals surface area contributed by atoms with Crippen molar-refractivity contribution in [2.75, 3.05) is 19.1 Å². The van der Waals surface area contributed by atoms with E-state index in [1.165, 1.54) is 12.4 Å². The summed E-state index contributed by atoms with van der Waals surface area (Å²) in [5.74, 6) is 0.224. The van der Waals surface area contributed by atoms with Crippen LogP contribution in [0.25, 0.3) is 0 Å². The van der Waals surface area contributed by atoms with E-state index in [9.17, 15) is 4.79 Å². The lowest BCUT2D eigenvalue weighted by Crippen LogP contribution is -2.19. The number of hydrogen-bond donors (Lipinski definition) is 1. The molecule has 0 spiro atoms. The molecule has 0 aliphatic heterocycles. The van der Waals surface area contributed by atoms with Crippen LogP contribution >= 0.6 is 0 Å². The molecule has 0 unspecified atom stereocenters. The van der Waals surface area contributed by atoms with Crippen LogP contribution in [0.15, 0.2) is 36.7 Å². The summed E-state index contributed by atoms with van der Waals surface area (Å²) in [5.41, 5.74) is 1.000. The number of anilines is 1. The molecule has 6 nitrogen and oxygen atoms in total. The molecule has 0 aliphatic rings. The molecule has 1 aromatic heterocycles. The van der Waals surface area contributed by atoms with Crippen LogP contribution in [-0.2, 0) is 6.54 Å². The van der Waals surface area contributed by atoms with E-state index in [0.717, 1.165) is 11.3 Å². The summed E-state index contributed by atoms with van der Waals surface area (Å²) in [4.78, 5) is 20.6. The predicted molar refractivity (Wildman–Crippen MR) is 74.1 cm³/mol. The average molecular weight is 273 g/mol. The molecule has 1 heterocycles. The Kier molecular flexibility index (Phi) is 4.14. The molecule has 0 saturated carbocycles. The van der Waals surface area contributed by atoms with Crippen molar-refractivity contribution in [1.82, 2.24) is 9.97 Å². The zero-order valence-corrected chi connectivity index (χ0v) is 11.3. The van der Waals surface area contributed by atoms with Crippen LogP contribution in [-0.4, -0.2) is 35.2 Å². The van der Waals surface area contributed by atoms with E-state index < -0.39 is 5.97 Å². The zero-order chi connectivity index (χ0) is 14.5. The number of methoxy groups -OCH3 is 1. The third-order valence-corrected chi connectivity index (χ3v) is 2.81. The highest BCUT2D eigenvalue weighted by Crippen LogP contribution is 2.15. The molecule has 0 atom stereocenters. The van der Waals surface area contributed by atoms with Crippen LogP contribution in [0, 0.1) is 0 Å². The van der Waals surface area contributed by atoms with Gasteiger partial charge in [-0.05, 0) is 17.7 Å². The number of hydrogen-bond acceptors (Lipinski definition) is 5. The fraction of sp³-hybridized carbons (Fsp3) is 0.214. The summed E-state index contributed by atoms with van der Waals surface area (Å²) in [6.07, 6.45) is 2.77. The van der Waals surface area contributed by atoms with Gasteiger partial charge in [-0.25, -0.2) is 9.78 Å². The SMILES string of the molecule is COc1ccc(CN(C)c2cncc(C(=O)O)n2)cc1. The van der Waals surface area contributed by atoms with E-state index in [-0.39, 0.29) is 5.69 Å². The molecule has 0 saturated heterocycles. The summed E-state index contributed by atoms with van der Waals surface area (Å²) in [7, 11) is 3.45. The molecular formula is C14H15N3O3. The Morgan fingerprint density at radius 3 is 2.60 bits per heavy atom. The molecule has 1 N–H and O–H groups in total. The van der Waals surface area contributed by atoms with Gasteiger partial charge in [0.05, 0.1) is 19.5 Å². The molecule has 104 valence electrons. The van der Waals surface area contributed by atoms with Gasteiger partial charge in [-0.15, -0.1) is 0 Å². The predicted octanol–water partition coefficient (Wildman–Crippen LogP) is 1.82. The van der Waals surface area contributed by atoms with Crippen molar-refractivity contribution >= 4 is 11.8 Å². The van der Waals surface area contributed by atoms with Crippen LogP contribution in [0.4, 0.5) is 5.82 Å². The van der Waals surface area contributed by atoms with Gasteiger partial charge in [0.2, 0.25) is 0 Å². The average Bonchev–Trinajstić information content (AvgIpc) is 2.48. The first-order valence-corrected chi connectivity index (χ1v) is 5.99. The van der Waals surface area contributed by atoms with Crippen LogP contribution in [0.2, 0.25) is 0 Å². The Hall–Kier alpha value is -2.63. The Bertz CT molecular complexity index is 599. The van der Waals surface area contributed by atoms with Gasteiger partial charge >= 0.3 is 5.97 Å². The smallest absolute Gasteiger partial charge is 0.356 e. The van der Waals surface area contributed by atoms with E-state index in [2.05, 4.69) is 9.97 Å².